The zero-order valence-corrected chi connectivity index (χ0v) is 15.3. The highest BCUT2D eigenvalue weighted by molar-refractivity contribution is 7.07. The van der Waals surface area contributed by atoms with Crippen LogP contribution >= 0.6 is 23.7 Å². The Kier molecular flexibility index (Phi) is 5.37. The van der Waals surface area contributed by atoms with Gasteiger partial charge in [0, 0.05) is 17.5 Å². The van der Waals surface area contributed by atoms with Gasteiger partial charge in [0.05, 0.1) is 16.8 Å². The molecule has 0 amide bonds. The van der Waals surface area contributed by atoms with Crippen LogP contribution in [0.15, 0.2) is 47.3 Å². The summed E-state index contributed by atoms with van der Waals surface area (Å²) in [4.78, 5) is 4.37. The predicted octanol–water partition coefficient (Wildman–Crippen LogP) is 5.56. The van der Waals surface area contributed by atoms with Crippen molar-refractivity contribution in [2.75, 3.05) is 6.54 Å². The number of hydrogen-bond acceptors (Lipinski definition) is 3. The zero-order chi connectivity index (χ0) is 17.4. The maximum atomic E-state index is 12.8. The van der Waals surface area contributed by atoms with E-state index >= 15 is 0 Å². The Morgan fingerprint density at radius 2 is 1.81 bits per heavy atom. The molecular formula is C19H16ClF3N2S. The molecule has 0 saturated carbocycles. The highest BCUT2D eigenvalue weighted by atomic mass is 35.5. The van der Waals surface area contributed by atoms with Crippen LogP contribution in [0.5, 0.6) is 0 Å². The van der Waals surface area contributed by atoms with E-state index in [1.54, 1.807) is 17.6 Å². The van der Waals surface area contributed by atoms with Crippen molar-refractivity contribution < 1.29 is 13.2 Å². The third-order valence-electron chi connectivity index (χ3n) is 4.46. The Hall–Kier alpha value is -1.89. The van der Waals surface area contributed by atoms with Crippen LogP contribution < -0.4 is 5.32 Å². The van der Waals surface area contributed by atoms with E-state index in [-0.39, 0.29) is 12.4 Å². The minimum Gasteiger partial charge on any atom is -0.312 e. The highest BCUT2D eigenvalue weighted by Crippen LogP contribution is 2.36. The van der Waals surface area contributed by atoms with Crippen molar-refractivity contribution in [2.45, 2.75) is 19.1 Å². The lowest BCUT2D eigenvalue weighted by Gasteiger charge is -2.22. The first-order valence-electron chi connectivity index (χ1n) is 7.95. The lowest BCUT2D eigenvalue weighted by molar-refractivity contribution is -0.137. The van der Waals surface area contributed by atoms with Gasteiger partial charge >= 0.3 is 6.18 Å². The Balaban J connectivity index is 0.00000196. The average Bonchev–Trinajstić information content (AvgIpc) is 3.15. The van der Waals surface area contributed by atoms with Crippen LogP contribution in [0.3, 0.4) is 0 Å². The number of nitrogens with zero attached hydrogens (tertiary/aromatic N) is 1. The van der Waals surface area contributed by atoms with E-state index in [1.165, 1.54) is 22.5 Å². The van der Waals surface area contributed by atoms with E-state index in [4.69, 9.17) is 0 Å². The number of rotatable bonds is 2. The molecule has 0 fully saturated rings. The molecule has 1 aromatic heterocycles. The lowest BCUT2D eigenvalue weighted by atomic mass is 9.88. The molecule has 0 unspecified atom stereocenters. The fourth-order valence-corrected chi connectivity index (χ4v) is 3.78. The van der Waals surface area contributed by atoms with Crippen LogP contribution in [-0.4, -0.2) is 11.5 Å². The summed E-state index contributed by atoms with van der Waals surface area (Å²) < 4.78 is 38.5. The monoisotopic (exact) mass is 396 g/mol. The Labute approximate surface area is 159 Å². The third-order valence-corrected chi connectivity index (χ3v) is 5.05. The van der Waals surface area contributed by atoms with Crippen LogP contribution in [0.4, 0.5) is 13.2 Å². The molecule has 2 aromatic carbocycles. The Morgan fingerprint density at radius 3 is 2.46 bits per heavy atom. The van der Waals surface area contributed by atoms with Crippen molar-refractivity contribution in [2.24, 2.45) is 0 Å². The number of thiazole rings is 1. The maximum Gasteiger partial charge on any atom is 0.416 e. The summed E-state index contributed by atoms with van der Waals surface area (Å²) in [5, 5.41) is 5.34. The molecule has 0 spiro atoms. The standard InChI is InChI=1S/C19H15F3N2S.ClH/c20-19(21,22)15-3-1-12(2-4-15)17-8-13(18-10-25-11-24-18)7-14-9-23-6-5-16(14)17;/h1-4,7-8,10-11,23H,5-6,9H2;1H. The topological polar surface area (TPSA) is 24.9 Å². The van der Waals surface area contributed by atoms with Crippen LogP contribution in [0, 0.1) is 0 Å². The van der Waals surface area contributed by atoms with Gasteiger partial charge in [0.15, 0.2) is 0 Å². The summed E-state index contributed by atoms with van der Waals surface area (Å²) >= 11 is 1.53. The van der Waals surface area contributed by atoms with E-state index in [1.807, 2.05) is 11.4 Å². The molecule has 7 heteroatoms. The minimum absolute atomic E-state index is 0. The van der Waals surface area contributed by atoms with Crippen LogP contribution in [0.25, 0.3) is 22.4 Å². The smallest absolute Gasteiger partial charge is 0.312 e. The van der Waals surface area contributed by atoms with Gasteiger partial charge in [-0.1, -0.05) is 12.1 Å². The number of halogens is 4. The summed E-state index contributed by atoms with van der Waals surface area (Å²) in [5.41, 5.74) is 7.25. The first-order chi connectivity index (χ1) is 12.0. The van der Waals surface area contributed by atoms with Crippen molar-refractivity contribution in [3.63, 3.8) is 0 Å². The molecule has 2 nitrogen and oxygen atoms in total. The molecular weight excluding hydrogens is 381 g/mol. The quantitative estimate of drug-likeness (QED) is 0.613. The molecule has 0 atom stereocenters. The van der Waals surface area contributed by atoms with Gasteiger partial charge in [-0.3, -0.25) is 0 Å². The highest BCUT2D eigenvalue weighted by Gasteiger charge is 2.30. The molecule has 0 saturated heterocycles. The second-order valence-corrected chi connectivity index (χ2v) is 6.76. The van der Waals surface area contributed by atoms with E-state index in [0.29, 0.717) is 0 Å². The van der Waals surface area contributed by atoms with Crippen LogP contribution in [0.2, 0.25) is 0 Å². The van der Waals surface area contributed by atoms with Gasteiger partial charge in [-0.05, 0) is 59.5 Å². The van der Waals surface area contributed by atoms with Gasteiger partial charge in [-0.25, -0.2) is 4.98 Å². The predicted molar refractivity (Wildman–Crippen MR) is 101 cm³/mol. The summed E-state index contributed by atoms with van der Waals surface area (Å²) in [5.74, 6) is 0. The van der Waals surface area contributed by atoms with E-state index in [0.717, 1.165) is 54.0 Å². The van der Waals surface area contributed by atoms with Crippen LogP contribution in [0.1, 0.15) is 16.7 Å². The SMILES string of the molecule is Cl.FC(F)(F)c1ccc(-c2cc(-c3cscn3)cc3c2CCNC3)cc1. The van der Waals surface area contributed by atoms with Crippen molar-refractivity contribution >= 4 is 23.7 Å². The molecule has 1 aliphatic rings. The third kappa shape index (κ3) is 3.63. The molecule has 0 radical (unpaired) electrons. The minimum atomic E-state index is -4.32. The fourth-order valence-electron chi connectivity index (χ4n) is 3.22. The first kappa shape index (κ1) is 18.9. The van der Waals surface area contributed by atoms with E-state index < -0.39 is 11.7 Å². The van der Waals surface area contributed by atoms with E-state index in [2.05, 4.69) is 16.4 Å². The molecule has 26 heavy (non-hydrogen) atoms. The summed E-state index contributed by atoms with van der Waals surface area (Å²) in [6.07, 6.45) is -3.45. The number of hydrogen-bond donors (Lipinski definition) is 1. The second-order valence-electron chi connectivity index (χ2n) is 6.04. The number of alkyl halides is 3. The number of aromatic nitrogens is 1. The number of fused-ring (bicyclic) bond motifs is 1. The van der Waals surface area contributed by atoms with Gasteiger partial charge in [-0.2, -0.15) is 13.2 Å². The molecule has 1 N–H and O–H groups in total. The van der Waals surface area contributed by atoms with Crippen LogP contribution in [-0.2, 0) is 19.1 Å². The van der Waals surface area contributed by atoms with Gasteiger partial charge in [-0.15, -0.1) is 23.7 Å². The molecule has 0 aliphatic carbocycles. The number of nitrogens with one attached hydrogen (secondary N) is 1. The molecule has 3 aromatic rings. The van der Waals surface area contributed by atoms with Gasteiger partial charge in [0.1, 0.15) is 0 Å². The summed E-state index contributed by atoms with van der Waals surface area (Å²) in [6.45, 7) is 1.64. The van der Waals surface area contributed by atoms with E-state index in [9.17, 15) is 13.2 Å². The molecule has 136 valence electrons. The summed E-state index contributed by atoms with van der Waals surface area (Å²) in [7, 11) is 0. The molecule has 1 aliphatic heterocycles. The molecule has 4 rings (SSSR count). The molecule has 2 heterocycles. The first-order valence-corrected chi connectivity index (χ1v) is 8.89. The largest absolute Gasteiger partial charge is 0.416 e. The van der Waals surface area contributed by atoms with Gasteiger partial charge in [0.2, 0.25) is 0 Å². The van der Waals surface area contributed by atoms with Gasteiger partial charge < -0.3 is 5.32 Å². The number of benzene rings is 2. The molecule has 0 bridgehead atoms. The summed E-state index contributed by atoms with van der Waals surface area (Å²) in [6, 6.07) is 9.60. The van der Waals surface area contributed by atoms with Crippen molar-refractivity contribution in [3.05, 3.63) is 64.0 Å². The van der Waals surface area contributed by atoms with Crippen molar-refractivity contribution in [3.8, 4) is 22.4 Å². The maximum absolute atomic E-state index is 12.8. The van der Waals surface area contributed by atoms with Crippen molar-refractivity contribution in [1.82, 2.24) is 10.3 Å². The average molecular weight is 397 g/mol. The lowest BCUT2D eigenvalue weighted by Crippen LogP contribution is -2.24. The normalized spacial score (nSPS) is 13.8. The van der Waals surface area contributed by atoms with Crippen molar-refractivity contribution in [1.29, 1.82) is 0 Å². The zero-order valence-electron chi connectivity index (χ0n) is 13.6. The second kappa shape index (κ2) is 7.39. The Morgan fingerprint density at radius 1 is 1.04 bits per heavy atom. The fraction of sp³-hybridized carbons (Fsp3) is 0.211. The van der Waals surface area contributed by atoms with Gasteiger partial charge in [0.25, 0.3) is 0 Å². The Bertz CT molecular complexity index is 890.